The first-order valence-corrected chi connectivity index (χ1v) is 10.0. The van der Waals surface area contributed by atoms with Gasteiger partial charge in [-0.2, -0.15) is 0 Å². The standard InChI is InChI=1S/C21H30N2O3/c1-15-10-16(2)13-23(12-15)21(24)14-22-7-3-4-18(22)17-5-6-19-20(11-17)26-9-8-25-19/h5-6,11,15-16,18H,3-4,7-10,12-14H2,1-2H3/t15-,16-,18+/m1/s1. The maximum absolute atomic E-state index is 12.9. The molecule has 0 bridgehead atoms. The molecule has 142 valence electrons. The van der Waals surface area contributed by atoms with Gasteiger partial charge in [-0.3, -0.25) is 9.69 Å². The molecule has 0 spiro atoms. The lowest BCUT2D eigenvalue weighted by atomic mass is 9.92. The zero-order valence-electron chi connectivity index (χ0n) is 15.9. The number of rotatable bonds is 3. The number of nitrogens with zero attached hydrogens (tertiary/aromatic N) is 2. The predicted octanol–water partition coefficient (Wildman–Crippen LogP) is 3.10. The van der Waals surface area contributed by atoms with Gasteiger partial charge in [0, 0.05) is 19.1 Å². The van der Waals surface area contributed by atoms with E-state index in [0.29, 0.717) is 37.6 Å². The molecule has 4 rings (SSSR count). The van der Waals surface area contributed by atoms with Gasteiger partial charge in [-0.15, -0.1) is 0 Å². The summed E-state index contributed by atoms with van der Waals surface area (Å²) in [6.07, 6.45) is 3.46. The van der Waals surface area contributed by atoms with Crippen molar-refractivity contribution in [1.82, 2.24) is 9.80 Å². The summed E-state index contributed by atoms with van der Waals surface area (Å²) in [5.74, 6) is 3.17. The number of piperidine rings is 1. The van der Waals surface area contributed by atoms with E-state index in [1.54, 1.807) is 0 Å². The fraction of sp³-hybridized carbons (Fsp3) is 0.667. The van der Waals surface area contributed by atoms with Crippen molar-refractivity contribution in [2.75, 3.05) is 39.4 Å². The highest BCUT2D eigenvalue weighted by atomic mass is 16.6. The van der Waals surface area contributed by atoms with Crippen LogP contribution in [0.15, 0.2) is 18.2 Å². The van der Waals surface area contributed by atoms with Gasteiger partial charge in [0.05, 0.1) is 6.54 Å². The molecular formula is C21H30N2O3. The van der Waals surface area contributed by atoms with Crippen LogP contribution in [0.1, 0.15) is 44.7 Å². The average Bonchev–Trinajstić information content (AvgIpc) is 3.08. The smallest absolute Gasteiger partial charge is 0.236 e. The van der Waals surface area contributed by atoms with Crippen LogP contribution in [-0.4, -0.2) is 55.1 Å². The third-order valence-corrected chi connectivity index (χ3v) is 5.87. The largest absolute Gasteiger partial charge is 0.486 e. The number of carbonyl (C=O) groups excluding carboxylic acids is 1. The van der Waals surface area contributed by atoms with Gasteiger partial charge in [-0.1, -0.05) is 19.9 Å². The van der Waals surface area contributed by atoms with Gasteiger partial charge in [0.1, 0.15) is 13.2 Å². The molecule has 2 saturated heterocycles. The van der Waals surface area contributed by atoms with Crippen LogP contribution in [0.2, 0.25) is 0 Å². The van der Waals surface area contributed by atoms with Gasteiger partial charge < -0.3 is 14.4 Å². The summed E-state index contributed by atoms with van der Waals surface area (Å²) >= 11 is 0. The SMILES string of the molecule is C[C@@H]1C[C@@H](C)CN(C(=O)CN2CCC[C@H]2c2ccc3c(c2)OCCO3)C1. The van der Waals surface area contributed by atoms with Crippen molar-refractivity contribution in [3.8, 4) is 11.5 Å². The number of benzene rings is 1. The summed E-state index contributed by atoms with van der Waals surface area (Å²) < 4.78 is 11.4. The van der Waals surface area contributed by atoms with Crippen molar-refractivity contribution in [1.29, 1.82) is 0 Å². The fourth-order valence-corrected chi connectivity index (χ4v) is 4.80. The number of fused-ring (bicyclic) bond motifs is 1. The second-order valence-electron chi connectivity index (χ2n) is 8.28. The van der Waals surface area contributed by atoms with E-state index < -0.39 is 0 Å². The molecule has 2 fully saturated rings. The molecule has 0 N–H and O–H groups in total. The molecule has 0 aromatic heterocycles. The summed E-state index contributed by atoms with van der Waals surface area (Å²) in [5, 5.41) is 0. The molecular weight excluding hydrogens is 328 g/mol. The van der Waals surface area contributed by atoms with Crippen molar-refractivity contribution in [3.05, 3.63) is 23.8 Å². The van der Waals surface area contributed by atoms with Gasteiger partial charge in [0.2, 0.25) is 5.91 Å². The minimum atomic E-state index is 0.285. The highest BCUT2D eigenvalue weighted by molar-refractivity contribution is 5.78. The Morgan fingerprint density at radius 1 is 1.12 bits per heavy atom. The first-order chi connectivity index (χ1) is 12.6. The molecule has 1 aromatic carbocycles. The number of amides is 1. The van der Waals surface area contributed by atoms with E-state index in [9.17, 15) is 4.79 Å². The van der Waals surface area contributed by atoms with Crippen molar-refractivity contribution >= 4 is 5.91 Å². The topological polar surface area (TPSA) is 42.0 Å². The molecule has 5 heteroatoms. The van der Waals surface area contributed by atoms with Crippen LogP contribution >= 0.6 is 0 Å². The zero-order chi connectivity index (χ0) is 18.1. The van der Waals surface area contributed by atoms with Crippen molar-refractivity contribution in [3.63, 3.8) is 0 Å². The van der Waals surface area contributed by atoms with Crippen molar-refractivity contribution in [2.45, 2.75) is 39.2 Å². The van der Waals surface area contributed by atoms with Crippen LogP contribution < -0.4 is 9.47 Å². The monoisotopic (exact) mass is 358 g/mol. The third-order valence-electron chi connectivity index (χ3n) is 5.87. The van der Waals surface area contributed by atoms with Crippen molar-refractivity contribution < 1.29 is 14.3 Å². The number of ether oxygens (including phenoxy) is 2. The minimum absolute atomic E-state index is 0.285. The summed E-state index contributed by atoms with van der Waals surface area (Å²) in [6.45, 7) is 9.06. The van der Waals surface area contributed by atoms with E-state index in [2.05, 4.69) is 35.8 Å². The molecule has 5 nitrogen and oxygen atoms in total. The minimum Gasteiger partial charge on any atom is -0.486 e. The Balaban J connectivity index is 1.44. The van der Waals surface area contributed by atoms with Crippen LogP contribution in [0.25, 0.3) is 0 Å². The molecule has 0 aliphatic carbocycles. The molecule has 3 atom stereocenters. The maximum atomic E-state index is 12.9. The quantitative estimate of drug-likeness (QED) is 0.833. The van der Waals surface area contributed by atoms with Crippen LogP contribution in [0.4, 0.5) is 0 Å². The predicted molar refractivity (Wildman–Crippen MR) is 101 cm³/mol. The summed E-state index contributed by atoms with van der Waals surface area (Å²) in [6, 6.07) is 6.55. The molecule has 0 unspecified atom stereocenters. The fourth-order valence-electron chi connectivity index (χ4n) is 4.80. The molecule has 0 radical (unpaired) electrons. The van der Waals surface area contributed by atoms with E-state index in [1.165, 1.54) is 12.0 Å². The molecule has 3 aliphatic rings. The number of likely N-dealkylation sites (tertiary alicyclic amines) is 2. The lowest BCUT2D eigenvalue weighted by molar-refractivity contribution is -0.135. The Morgan fingerprint density at radius 2 is 1.85 bits per heavy atom. The maximum Gasteiger partial charge on any atom is 0.236 e. The van der Waals surface area contributed by atoms with E-state index in [-0.39, 0.29) is 5.91 Å². The van der Waals surface area contributed by atoms with E-state index in [0.717, 1.165) is 44.0 Å². The van der Waals surface area contributed by atoms with Crippen LogP contribution in [0, 0.1) is 11.8 Å². The Bertz CT molecular complexity index is 653. The van der Waals surface area contributed by atoms with Gasteiger partial charge >= 0.3 is 0 Å². The van der Waals surface area contributed by atoms with Crippen LogP contribution in [-0.2, 0) is 4.79 Å². The number of hydrogen-bond acceptors (Lipinski definition) is 4. The zero-order valence-corrected chi connectivity index (χ0v) is 15.9. The van der Waals surface area contributed by atoms with Gasteiger partial charge in [0.15, 0.2) is 11.5 Å². The Morgan fingerprint density at radius 3 is 2.62 bits per heavy atom. The molecule has 1 aromatic rings. The van der Waals surface area contributed by atoms with Gasteiger partial charge in [-0.25, -0.2) is 0 Å². The molecule has 26 heavy (non-hydrogen) atoms. The van der Waals surface area contributed by atoms with Crippen LogP contribution in [0.3, 0.4) is 0 Å². The lowest BCUT2D eigenvalue weighted by Gasteiger charge is -2.36. The van der Waals surface area contributed by atoms with E-state index in [1.807, 2.05) is 6.07 Å². The lowest BCUT2D eigenvalue weighted by Crippen LogP contribution is -2.46. The highest BCUT2D eigenvalue weighted by Gasteiger charge is 2.32. The third kappa shape index (κ3) is 3.68. The van der Waals surface area contributed by atoms with E-state index in [4.69, 9.17) is 9.47 Å². The molecule has 3 aliphatic heterocycles. The van der Waals surface area contributed by atoms with Gasteiger partial charge in [0.25, 0.3) is 0 Å². The average molecular weight is 358 g/mol. The number of hydrogen-bond donors (Lipinski definition) is 0. The Labute approximate surface area is 156 Å². The first kappa shape index (κ1) is 17.7. The second-order valence-corrected chi connectivity index (χ2v) is 8.28. The molecule has 1 amide bonds. The summed E-state index contributed by atoms with van der Waals surface area (Å²) in [5.41, 5.74) is 1.24. The Hall–Kier alpha value is -1.75. The summed E-state index contributed by atoms with van der Waals surface area (Å²) in [4.78, 5) is 17.3. The number of carbonyl (C=O) groups is 1. The van der Waals surface area contributed by atoms with Crippen molar-refractivity contribution in [2.24, 2.45) is 11.8 Å². The normalized spacial score (nSPS) is 29.0. The second kappa shape index (κ2) is 7.47. The highest BCUT2D eigenvalue weighted by Crippen LogP contribution is 2.38. The van der Waals surface area contributed by atoms with E-state index >= 15 is 0 Å². The van der Waals surface area contributed by atoms with Crippen LogP contribution in [0.5, 0.6) is 11.5 Å². The molecule has 0 saturated carbocycles. The Kier molecular flexibility index (Phi) is 5.07. The van der Waals surface area contributed by atoms with Gasteiger partial charge in [-0.05, 0) is 55.3 Å². The molecule has 3 heterocycles. The summed E-state index contributed by atoms with van der Waals surface area (Å²) in [7, 11) is 0. The first-order valence-electron chi connectivity index (χ1n) is 10.0.